The van der Waals surface area contributed by atoms with Crippen LogP contribution in [0, 0.1) is 11.3 Å². The zero-order chi connectivity index (χ0) is 15.1. The Morgan fingerprint density at radius 3 is 2.55 bits per heavy atom. The first-order valence-electron chi connectivity index (χ1n) is 7.17. The van der Waals surface area contributed by atoms with Gasteiger partial charge in [-0.3, -0.25) is 0 Å². The minimum atomic E-state index is 0.290. The Hall–Kier alpha value is -1.24. The fraction of sp³-hybridized carbons (Fsp3) is 0.562. The van der Waals surface area contributed by atoms with Gasteiger partial charge in [-0.05, 0) is 45.0 Å². The van der Waals surface area contributed by atoms with Gasteiger partial charge in [-0.1, -0.05) is 24.6 Å². The molecule has 1 atom stereocenters. The summed E-state index contributed by atoms with van der Waals surface area (Å²) in [7, 11) is 0. The predicted octanol–water partition coefficient (Wildman–Crippen LogP) is 4.14. The van der Waals surface area contributed by atoms with E-state index in [4.69, 9.17) is 16.9 Å². The Labute approximate surface area is 127 Å². The molecule has 0 spiro atoms. The summed E-state index contributed by atoms with van der Waals surface area (Å²) in [5.74, 6) is 0. The number of rotatable bonds is 7. The summed E-state index contributed by atoms with van der Waals surface area (Å²) in [6, 6.07) is 8.99. The van der Waals surface area contributed by atoms with E-state index in [0.717, 1.165) is 17.3 Å². The van der Waals surface area contributed by atoms with Crippen molar-refractivity contribution in [3.05, 3.63) is 28.8 Å². The maximum Gasteiger partial charge on any atom is 0.0643 e. The van der Waals surface area contributed by atoms with Gasteiger partial charge >= 0.3 is 0 Å². The number of hydrogen-bond acceptors (Lipinski definition) is 3. The van der Waals surface area contributed by atoms with Crippen LogP contribution >= 0.6 is 11.6 Å². The maximum absolute atomic E-state index is 8.77. The Bertz CT molecular complexity index is 465. The van der Waals surface area contributed by atoms with Gasteiger partial charge in [0.25, 0.3) is 0 Å². The van der Waals surface area contributed by atoms with E-state index in [9.17, 15) is 0 Å². The third-order valence-corrected chi connectivity index (χ3v) is 3.68. The summed E-state index contributed by atoms with van der Waals surface area (Å²) < 4.78 is 0. The van der Waals surface area contributed by atoms with Crippen LogP contribution in [0.4, 0.5) is 5.69 Å². The molecule has 0 aliphatic carbocycles. The van der Waals surface area contributed by atoms with Crippen LogP contribution in [0.3, 0.4) is 0 Å². The average molecular weight is 294 g/mol. The average Bonchev–Trinajstić information content (AvgIpc) is 2.40. The Morgan fingerprint density at radius 1 is 1.35 bits per heavy atom. The predicted molar refractivity (Wildman–Crippen MR) is 86.3 cm³/mol. The van der Waals surface area contributed by atoms with Crippen molar-refractivity contribution in [2.45, 2.75) is 46.2 Å². The van der Waals surface area contributed by atoms with Crippen LogP contribution < -0.4 is 10.2 Å². The molecule has 0 fully saturated rings. The maximum atomic E-state index is 8.77. The van der Waals surface area contributed by atoms with Crippen molar-refractivity contribution in [1.29, 1.82) is 5.26 Å². The van der Waals surface area contributed by atoms with Gasteiger partial charge in [-0.2, -0.15) is 5.26 Å². The molecule has 0 amide bonds. The lowest BCUT2D eigenvalue weighted by atomic mass is 10.1. The quantitative estimate of drug-likeness (QED) is 0.821. The van der Waals surface area contributed by atoms with Crippen LogP contribution in [-0.4, -0.2) is 19.1 Å². The number of nitrogens with one attached hydrogen (secondary N) is 1. The van der Waals surface area contributed by atoms with Gasteiger partial charge in [-0.15, -0.1) is 0 Å². The minimum Gasteiger partial charge on any atom is -0.367 e. The molecule has 0 aliphatic rings. The van der Waals surface area contributed by atoms with Crippen LogP contribution in [0.1, 0.15) is 45.7 Å². The lowest BCUT2D eigenvalue weighted by molar-refractivity contribution is 0.598. The van der Waals surface area contributed by atoms with E-state index in [1.165, 1.54) is 5.56 Å². The SMILES string of the molecule is CCNC(C)c1ccc(N(CCC#N)C(C)C)c(Cl)c1. The topological polar surface area (TPSA) is 39.1 Å². The molecular formula is C16H24ClN3. The number of nitrogens with zero attached hydrogens (tertiary/aromatic N) is 2. The number of anilines is 1. The van der Waals surface area contributed by atoms with Crippen molar-refractivity contribution in [3.63, 3.8) is 0 Å². The molecule has 0 radical (unpaired) electrons. The monoisotopic (exact) mass is 293 g/mol. The van der Waals surface area contributed by atoms with Gasteiger partial charge in [0.1, 0.15) is 0 Å². The van der Waals surface area contributed by atoms with Crippen LogP contribution in [0.15, 0.2) is 18.2 Å². The largest absolute Gasteiger partial charge is 0.367 e. The number of hydrogen-bond donors (Lipinski definition) is 1. The number of halogens is 1. The Morgan fingerprint density at radius 2 is 2.05 bits per heavy atom. The van der Waals surface area contributed by atoms with Crippen LogP contribution in [0.2, 0.25) is 5.02 Å². The summed E-state index contributed by atoms with van der Waals surface area (Å²) in [4.78, 5) is 2.17. The van der Waals surface area contributed by atoms with Crippen molar-refractivity contribution >= 4 is 17.3 Å². The molecule has 0 aromatic heterocycles. The Balaban J connectivity index is 2.98. The molecule has 3 nitrogen and oxygen atoms in total. The molecule has 1 aromatic rings. The second-order valence-electron chi connectivity index (χ2n) is 5.19. The third-order valence-electron chi connectivity index (χ3n) is 3.38. The normalized spacial score (nSPS) is 12.2. The van der Waals surface area contributed by atoms with E-state index in [-0.39, 0.29) is 6.04 Å². The lowest BCUT2D eigenvalue weighted by Crippen LogP contribution is -2.31. The first kappa shape index (κ1) is 16.8. The van der Waals surface area contributed by atoms with Crippen LogP contribution in [-0.2, 0) is 0 Å². The van der Waals surface area contributed by atoms with Crippen molar-refractivity contribution in [3.8, 4) is 6.07 Å². The van der Waals surface area contributed by atoms with Crippen molar-refractivity contribution < 1.29 is 0 Å². The highest BCUT2D eigenvalue weighted by Crippen LogP contribution is 2.30. The zero-order valence-electron chi connectivity index (χ0n) is 12.8. The molecule has 110 valence electrons. The zero-order valence-corrected chi connectivity index (χ0v) is 13.5. The second-order valence-corrected chi connectivity index (χ2v) is 5.59. The summed E-state index contributed by atoms with van der Waals surface area (Å²) in [6.07, 6.45) is 0.504. The molecule has 1 aromatic carbocycles. The van der Waals surface area contributed by atoms with Gasteiger partial charge < -0.3 is 10.2 Å². The van der Waals surface area contributed by atoms with Gasteiger partial charge in [0.05, 0.1) is 23.2 Å². The highest BCUT2D eigenvalue weighted by molar-refractivity contribution is 6.33. The van der Waals surface area contributed by atoms with Crippen LogP contribution in [0.25, 0.3) is 0 Å². The number of benzene rings is 1. The standard InChI is InChI=1S/C16H24ClN3/c1-5-19-13(4)14-7-8-16(15(17)11-14)20(12(2)3)10-6-9-18/h7-8,11-13,19H,5-6,10H2,1-4H3. The highest BCUT2D eigenvalue weighted by atomic mass is 35.5. The molecule has 1 N–H and O–H groups in total. The molecule has 0 aliphatic heterocycles. The number of nitriles is 1. The summed E-state index contributed by atoms with van der Waals surface area (Å²) in [6.45, 7) is 10.1. The van der Waals surface area contributed by atoms with Crippen LogP contribution in [0.5, 0.6) is 0 Å². The van der Waals surface area contributed by atoms with Crippen molar-refractivity contribution in [2.75, 3.05) is 18.0 Å². The fourth-order valence-corrected chi connectivity index (χ4v) is 2.57. The van der Waals surface area contributed by atoms with Gasteiger partial charge in [-0.25, -0.2) is 0 Å². The molecule has 0 heterocycles. The fourth-order valence-electron chi connectivity index (χ4n) is 2.28. The first-order valence-corrected chi connectivity index (χ1v) is 7.55. The summed E-state index contributed by atoms with van der Waals surface area (Å²) in [5.41, 5.74) is 2.19. The van der Waals surface area contributed by atoms with Crippen molar-refractivity contribution in [2.24, 2.45) is 0 Å². The van der Waals surface area contributed by atoms with E-state index in [1.807, 2.05) is 6.07 Å². The van der Waals surface area contributed by atoms with Gasteiger partial charge in [0, 0.05) is 18.6 Å². The molecule has 0 bridgehead atoms. The second kappa shape index (κ2) is 8.14. The van der Waals surface area contributed by atoms with Crippen molar-refractivity contribution in [1.82, 2.24) is 5.32 Å². The molecule has 4 heteroatoms. The van der Waals surface area contributed by atoms with E-state index in [0.29, 0.717) is 19.0 Å². The summed E-state index contributed by atoms with van der Waals surface area (Å²) in [5, 5.41) is 12.9. The van der Waals surface area contributed by atoms with E-state index < -0.39 is 0 Å². The molecule has 1 unspecified atom stereocenters. The molecule has 20 heavy (non-hydrogen) atoms. The molecule has 0 saturated carbocycles. The molecule has 0 saturated heterocycles. The lowest BCUT2D eigenvalue weighted by Gasteiger charge is -2.29. The minimum absolute atomic E-state index is 0.290. The molecule has 1 rings (SSSR count). The highest BCUT2D eigenvalue weighted by Gasteiger charge is 2.15. The van der Waals surface area contributed by atoms with E-state index >= 15 is 0 Å². The van der Waals surface area contributed by atoms with Gasteiger partial charge in [0.15, 0.2) is 0 Å². The third kappa shape index (κ3) is 4.40. The van der Waals surface area contributed by atoms with E-state index in [1.54, 1.807) is 0 Å². The summed E-state index contributed by atoms with van der Waals surface area (Å²) >= 11 is 6.44. The first-order chi connectivity index (χ1) is 9.51. The smallest absolute Gasteiger partial charge is 0.0643 e. The molecular weight excluding hydrogens is 270 g/mol. The Kier molecular flexibility index (Phi) is 6.84. The van der Waals surface area contributed by atoms with Gasteiger partial charge in [0.2, 0.25) is 0 Å². The van der Waals surface area contributed by atoms with E-state index in [2.05, 4.69) is 56.1 Å².